The van der Waals surface area contributed by atoms with Crippen molar-refractivity contribution in [3.05, 3.63) is 59.2 Å². The number of rotatable bonds is 4. The molecule has 0 bridgehead atoms. The van der Waals surface area contributed by atoms with E-state index in [0.29, 0.717) is 17.2 Å². The van der Waals surface area contributed by atoms with Crippen LogP contribution in [0.1, 0.15) is 0 Å². The first-order valence-corrected chi connectivity index (χ1v) is 8.27. The van der Waals surface area contributed by atoms with Crippen molar-refractivity contribution < 1.29 is 14.3 Å². The lowest BCUT2D eigenvalue weighted by atomic mass is 10.1. The normalized spacial score (nSPS) is 10.4. The Morgan fingerprint density at radius 3 is 2.60 bits per heavy atom. The summed E-state index contributed by atoms with van der Waals surface area (Å²) in [5, 5.41) is 6.92. The van der Waals surface area contributed by atoms with Gasteiger partial charge in [0.05, 0.1) is 23.5 Å². The standard InChI is InChI=1S/C18H16BrN3O3/c1-22-17(14(19)11-20-22)12-6-5-7-13(10-12)21-18(23)25-16-9-4-3-8-15(16)24-2/h3-11H,1-2H3,(H,21,23). The number of aryl methyl sites for hydroxylation is 1. The second-order valence-electron chi connectivity index (χ2n) is 5.21. The van der Waals surface area contributed by atoms with E-state index in [1.165, 1.54) is 7.11 Å². The number of carbonyl (C=O) groups is 1. The number of ether oxygens (including phenoxy) is 2. The summed E-state index contributed by atoms with van der Waals surface area (Å²) in [5.41, 5.74) is 2.45. The molecule has 1 amide bonds. The zero-order valence-corrected chi connectivity index (χ0v) is 15.3. The molecule has 0 fully saturated rings. The number of benzene rings is 2. The number of nitrogens with zero attached hydrogens (tertiary/aromatic N) is 2. The van der Waals surface area contributed by atoms with Gasteiger partial charge in [-0.2, -0.15) is 5.10 Å². The molecule has 0 aliphatic heterocycles. The summed E-state index contributed by atoms with van der Waals surface area (Å²) >= 11 is 3.48. The third-order valence-corrected chi connectivity index (χ3v) is 4.13. The van der Waals surface area contributed by atoms with Crippen molar-refractivity contribution in [2.75, 3.05) is 12.4 Å². The van der Waals surface area contributed by atoms with E-state index in [1.54, 1.807) is 41.2 Å². The van der Waals surface area contributed by atoms with E-state index in [0.717, 1.165) is 15.7 Å². The third kappa shape index (κ3) is 3.83. The van der Waals surface area contributed by atoms with Crippen LogP contribution in [0.25, 0.3) is 11.3 Å². The molecule has 0 aliphatic carbocycles. The van der Waals surface area contributed by atoms with Crippen LogP contribution in [0.3, 0.4) is 0 Å². The molecule has 0 radical (unpaired) electrons. The van der Waals surface area contributed by atoms with E-state index in [1.807, 2.05) is 25.2 Å². The van der Waals surface area contributed by atoms with Crippen LogP contribution in [-0.4, -0.2) is 23.0 Å². The highest BCUT2D eigenvalue weighted by atomic mass is 79.9. The molecule has 0 saturated carbocycles. The maximum absolute atomic E-state index is 12.2. The molecule has 1 aromatic heterocycles. The van der Waals surface area contributed by atoms with E-state index < -0.39 is 6.09 Å². The predicted octanol–water partition coefficient (Wildman–Crippen LogP) is 4.47. The summed E-state index contributed by atoms with van der Waals surface area (Å²) in [6, 6.07) is 14.4. The van der Waals surface area contributed by atoms with Crippen molar-refractivity contribution in [3.63, 3.8) is 0 Å². The van der Waals surface area contributed by atoms with Crippen LogP contribution in [0, 0.1) is 0 Å². The van der Waals surface area contributed by atoms with Crippen molar-refractivity contribution in [2.45, 2.75) is 0 Å². The maximum Gasteiger partial charge on any atom is 0.417 e. The smallest absolute Gasteiger partial charge is 0.417 e. The first kappa shape index (κ1) is 17.0. The van der Waals surface area contributed by atoms with E-state index >= 15 is 0 Å². The van der Waals surface area contributed by atoms with Gasteiger partial charge in [-0.3, -0.25) is 10.00 Å². The Hall–Kier alpha value is -2.80. The SMILES string of the molecule is COc1ccccc1OC(=O)Nc1cccc(-c2c(Br)cnn2C)c1. The summed E-state index contributed by atoms with van der Waals surface area (Å²) in [6.45, 7) is 0. The van der Waals surface area contributed by atoms with Gasteiger partial charge in [0.1, 0.15) is 0 Å². The van der Waals surface area contributed by atoms with Gasteiger partial charge in [-0.1, -0.05) is 24.3 Å². The average molecular weight is 402 g/mol. The summed E-state index contributed by atoms with van der Waals surface area (Å²) in [4.78, 5) is 12.2. The molecule has 0 atom stereocenters. The Balaban J connectivity index is 1.77. The van der Waals surface area contributed by atoms with Gasteiger partial charge in [0.2, 0.25) is 0 Å². The number of halogens is 1. The Kier molecular flexibility index (Phi) is 5.04. The largest absolute Gasteiger partial charge is 0.493 e. The fourth-order valence-electron chi connectivity index (χ4n) is 2.43. The molecule has 128 valence electrons. The number of methoxy groups -OCH3 is 1. The monoisotopic (exact) mass is 401 g/mol. The molecule has 0 saturated heterocycles. The van der Waals surface area contributed by atoms with E-state index in [-0.39, 0.29) is 0 Å². The van der Waals surface area contributed by atoms with E-state index in [9.17, 15) is 4.79 Å². The fraction of sp³-hybridized carbons (Fsp3) is 0.111. The van der Waals surface area contributed by atoms with Crippen molar-refractivity contribution in [1.82, 2.24) is 9.78 Å². The van der Waals surface area contributed by atoms with Crippen molar-refractivity contribution in [3.8, 4) is 22.8 Å². The summed E-state index contributed by atoms with van der Waals surface area (Å²) in [6.07, 6.45) is 1.14. The summed E-state index contributed by atoms with van der Waals surface area (Å²) < 4.78 is 13.1. The first-order chi connectivity index (χ1) is 12.1. The van der Waals surface area contributed by atoms with E-state index in [4.69, 9.17) is 9.47 Å². The molecule has 0 unspecified atom stereocenters. The lowest BCUT2D eigenvalue weighted by Crippen LogP contribution is -2.17. The topological polar surface area (TPSA) is 65.4 Å². The number of para-hydroxylation sites is 2. The fourth-order valence-corrected chi connectivity index (χ4v) is 3.00. The molecular formula is C18H16BrN3O3. The molecule has 1 heterocycles. The van der Waals surface area contributed by atoms with Gasteiger partial charge in [0.25, 0.3) is 0 Å². The van der Waals surface area contributed by atoms with Gasteiger partial charge in [0, 0.05) is 18.3 Å². The van der Waals surface area contributed by atoms with Gasteiger partial charge < -0.3 is 9.47 Å². The Morgan fingerprint density at radius 1 is 1.16 bits per heavy atom. The first-order valence-electron chi connectivity index (χ1n) is 7.48. The minimum absolute atomic E-state index is 0.355. The molecule has 0 spiro atoms. The second-order valence-corrected chi connectivity index (χ2v) is 6.07. The number of hydrogen-bond acceptors (Lipinski definition) is 4. The molecule has 2 aromatic carbocycles. The third-order valence-electron chi connectivity index (χ3n) is 3.55. The van der Waals surface area contributed by atoms with Crippen LogP contribution in [0.2, 0.25) is 0 Å². The molecular weight excluding hydrogens is 386 g/mol. The molecule has 7 heteroatoms. The molecule has 3 rings (SSSR count). The number of nitrogens with one attached hydrogen (secondary N) is 1. The Morgan fingerprint density at radius 2 is 1.92 bits per heavy atom. The van der Waals surface area contributed by atoms with Gasteiger partial charge >= 0.3 is 6.09 Å². The number of amides is 1. The van der Waals surface area contributed by atoms with Crippen LogP contribution in [0.15, 0.2) is 59.2 Å². The number of aromatic nitrogens is 2. The van der Waals surface area contributed by atoms with Crippen LogP contribution < -0.4 is 14.8 Å². The number of carbonyl (C=O) groups excluding carboxylic acids is 1. The van der Waals surface area contributed by atoms with Crippen LogP contribution in [-0.2, 0) is 7.05 Å². The molecule has 6 nitrogen and oxygen atoms in total. The van der Waals surface area contributed by atoms with E-state index in [2.05, 4.69) is 26.3 Å². The minimum atomic E-state index is -0.592. The second kappa shape index (κ2) is 7.40. The minimum Gasteiger partial charge on any atom is -0.493 e. The van der Waals surface area contributed by atoms with Gasteiger partial charge in [-0.05, 0) is 40.2 Å². The molecule has 1 N–H and O–H groups in total. The van der Waals surface area contributed by atoms with Crippen LogP contribution in [0.5, 0.6) is 11.5 Å². The number of hydrogen-bond donors (Lipinski definition) is 1. The maximum atomic E-state index is 12.2. The lowest BCUT2D eigenvalue weighted by Gasteiger charge is -2.11. The lowest BCUT2D eigenvalue weighted by molar-refractivity contribution is 0.213. The Labute approximate surface area is 153 Å². The van der Waals surface area contributed by atoms with Crippen molar-refractivity contribution in [2.24, 2.45) is 7.05 Å². The Bertz CT molecular complexity index is 889. The molecule has 0 aliphatic rings. The highest BCUT2D eigenvalue weighted by molar-refractivity contribution is 9.10. The van der Waals surface area contributed by atoms with Crippen molar-refractivity contribution >= 4 is 27.7 Å². The van der Waals surface area contributed by atoms with Gasteiger partial charge in [-0.15, -0.1) is 0 Å². The average Bonchev–Trinajstić information content (AvgIpc) is 2.94. The quantitative estimate of drug-likeness (QED) is 0.700. The van der Waals surface area contributed by atoms with Crippen LogP contribution in [0.4, 0.5) is 10.5 Å². The van der Waals surface area contributed by atoms with Gasteiger partial charge in [-0.25, -0.2) is 4.79 Å². The van der Waals surface area contributed by atoms with Crippen LogP contribution >= 0.6 is 15.9 Å². The molecule has 25 heavy (non-hydrogen) atoms. The van der Waals surface area contributed by atoms with Gasteiger partial charge in [0.15, 0.2) is 11.5 Å². The van der Waals surface area contributed by atoms with Crippen molar-refractivity contribution in [1.29, 1.82) is 0 Å². The summed E-state index contributed by atoms with van der Waals surface area (Å²) in [5.74, 6) is 0.846. The zero-order valence-electron chi connectivity index (χ0n) is 13.7. The number of anilines is 1. The highest BCUT2D eigenvalue weighted by Crippen LogP contribution is 2.30. The highest BCUT2D eigenvalue weighted by Gasteiger charge is 2.12. The predicted molar refractivity (Wildman–Crippen MR) is 99.0 cm³/mol. The zero-order chi connectivity index (χ0) is 17.8. The summed E-state index contributed by atoms with van der Waals surface area (Å²) in [7, 11) is 3.38. The molecule has 3 aromatic rings.